The van der Waals surface area contributed by atoms with Gasteiger partial charge in [-0.2, -0.15) is 0 Å². The molecule has 0 amide bonds. The SMILES string of the molecule is O=C1C=Cc2c(sn(CCCCNC[C@H]3CCc4ccccc4O3)c2=O)C1=O. The van der Waals surface area contributed by atoms with Crippen LogP contribution in [-0.4, -0.2) is 34.7 Å². The number of aromatic nitrogens is 1. The third-order valence-corrected chi connectivity index (χ3v) is 6.23. The largest absolute Gasteiger partial charge is 0.489 e. The zero-order chi connectivity index (χ0) is 19.5. The molecule has 0 bridgehead atoms. The summed E-state index contributed by atoms with van der Waals surface area (Å²) in [5.74, 6) is -0.143. The fraction of sp³-hybridized carbons (Fsp3) is 0.381. The number of rotatable bonds is 7. The van der Waals surface area contributed by atoms with Crippen molar-refractivity contribution < 1.29 is 14.3 Å². The van der Waals surface area contributed by atoms with Crippen LogP contribution in [0.1, 0.15) is 40.1 Å². The molecule has 1 N–H and O–H groups in total. The van der Waals surface area contributed by atoms with E-state index in [-0.39, 0.29) is 16.5 Å². The molecule has 6 nitrogen and oxygen atoms in total. The lowest BCUT2D eigenvalue weighted by Crippen LogP contribution is -2.34. The van der Waals surface area contributed by atoms with Crippen LogP contribution in [0.25, 0.3) is 6.08 Å². The lowest BCUT2D eigenvalue weighted by atomic mass is 10.0. The quantitative estimate of drug-likeness (QED) is 0.573. The molecule has 2 heterocycles. The number of aryl methyl sites for hydroxylation is 2. The number of benzene rings is 1. The second-order valence-corrected chi connectivity index (χ2v) is 8.10. The Morgan fingerprint density at radius 1 is 1.14 bits per heavy atom. The Hall–Kier alpha value is -2.51. The average molecular weight is 398 g/mol. The normalized spacial score (nSPS) is 17.9. The maximum Gasteiger partial charge on any atom is 0.268 e. The van der Waals surface area contributed by atoms with Crippen LogP contribution in [0.5, 0.6) is 5.75 Å². The minimum atomic E-state index is -0.575. The summed E-state index contributed by atoms with van der Waals surface area (Å²) in [6.45, 7) is 2.21. The number of fused-ring (bicyclic) bond motifs is 2. The Labute approximate surface area is 167 Å². The minimum absolute atomic E-state index is 0.181. The van der Waals surface area contributed by atoms with Crippen molar-refractivity contribution in [2.24, 2.45) is 0 Å². The first-order valence-electron chi connectivity index (χ1n) is 9.59. The second-order valence-electron chi connectivity index (χ2n) is 7.07. The molecule has 0 fully saturated rings. The van der Waals surface area contributed by atoms with Crippen LogP contribution in [0.15, 0.2) is 35.1 Å². The van der Waals surface area contributed by atoms with Crippen molar-refractivity contribution >= 4 is 29.2 Å². The van der Waals surface area contributed by atoms with Gasteiger partial charge in [-0.25, -0.2) is 0 Å². The van der Waals surface area contributed by atoms with Crippen LogP contribution in [0.4, 0.5) is 0 Å². The molecule has 0 unspecified atom stereocenters. The smallest absolute Gasteiger partial charge is 0.268 e. The van der Waals surface area contributed by atoms with E-state index in [1.165, 1.54) is 17.7 Å². The molecular weight excluding hydrogens is 376 g/mol. The van der Waals surface area contributed by atoms with Crippen molar-refractivity contribution in [2.75, 3.05) is 13.1 Å². The predicted octanol–water partition coefficient (Wildman–Crippen LogP) is 2.45. The summed E-state index contributed by atoms with van der Waals surface area (Å²) in [5.41, 5.74) is 1.44. The van der Waals surface area contributed by atoms with E-state index in [1.807, 2.05) is 18.2 Å². The van der Waals surface area contributed by atoms with Gasteiger partial charge in [0.05, 0.1) is 5.56 Å². The molecule has 0 saturated heterocycles. The Bertz CT molecular complexity index is 989. The lowest BCUT2D eigenvalue weighted by molar-refractivity contribution is -0.110. The van der Waals surface area contributed by atoms with Crippen LogP contribution >= 0.6 is 11.5 Å². The van der Waals surface area contributed by atoms with Crippen LogP contribution in [-0.2, 0) is 17.8 Å². The predicted molar refractivity (Wildman–Crippen MR) is 108 cm³/mol. The number of hydrogen-bond donors (Lipinski definition) is 1. The molecule has 0 saturated carbocycles. The molecule has 4 rings (SSSR count). The number of para-hydroxylation sites is 1. The number of ketones is 2. The Morgan fingerprint density at radius 2 is 2.00 bits per heavy atom. The third-order valence-electron chi connectivity index (χ3n) is 5.07. The Morgan fingerprint density at radius 3 is 2.89 bits per heavy atom. The van der Waals surface area contributed by atoms with Crippen LogP contribution in [0, 0.1) is 0 Å². The first kappa shape index (κ1) is 18.8. The molecule has 2 aliphatic rings. The first-order valence-corrected chi connectivity index (χ1v) is 10.4. The second kappa shape index (κ2) is 8.24. The fourth-order valence-electron chi connectivity index (χ4n) is 3.53. The monoisotopic (exact) mass is 398 g/mol. The number of allylic oxidation sites excluding steroid dienone is 1. The van der Waals surface area contributed by atoms with E-state index in [9.17, 15) is 14.4 Å². The summed E-state index contributed by atoms with van der Waals surface area (Å²) >= 11 is 1.10. The number of carbonyl (C=O) groups is 2. The molecular formula is C21H22N2O4S. The summed E-state index contributed by atoms with van der Waals surface area (Å²) in [6.07, 6.45) is 6.63. The number of ether oxygens (including phenoxy) is 1. The minimum Gasteiger partial charge on any atom is -0.489 e. The third kappa shape index (κ3) is 3.86. The van der Waals surface area contributed by atoms with Crippen molar-refractivity contribution in [1.29, 1.82) is 0 Å². The van der Waals surface area contributed by atoms with Crippen LogP contribution in [0.2, 0.25) is 0 Å². The van der Waals surface area contributed by atoms with Crippen molar-refractivity contribution in [3.63, 3.8) is 0 Å². The molecule has 7 heteroatoms. The molecule has 1 aromatic carbocycles. The number of Topliss-reactive ketones (excluding diaryl/α,β-unsaturated/α-hetero) is 1. The van der Waals surface area contributed by atoms with Gasteiger partial charge in [0, 0.05) is 13.1 Å². The van der Waals surface area contributed by atoms with Crippen molar-refractivity contribution in [1.82, 2.24) is 9.27 Å². The van der Waals surface area contributed by atoms with Gasteiger partial charge in [-0.15, -0.1) is 0 Å². The van der Waals surface area contributed by atoms with E-state index in [0.717, 1.165) is 56.1 Å². The van der Waals surface area contributed by atoms with Gasteiger partial charge in [0.2, 0.25) is 11.6 Å². The maximum atomic E-state index is 12.3. The summed E-state index contributed by atoms with van der Waals surface area (Å²) in [6, 6.07) is 8.17. The molecule has 1 aromatic heterocycles. The molecule has 1 aliphatic carbocycles. The van der Waals surface area contributed by atoms with Crippen molar-refractivity contribution in [2.45, 2.75) is 38.3 Å². The first-order chi connectivity index (χ1) is 13.6. The van der Waals surface area contributed by atoms with Crippen LogP contribution in [0.3, 0.4) is 0 Å². The van der Waals surface area contributed by atoms with Gasteiger partial charge in [-0.1, -0.05) is 29.7 Å². The van der Waals surface area contributed by atoms with E-state index in [2.05, 4.69) is 11.4 Å². The van der Waals surface area contributed by atoms with Crippen molar-refractivity contribution in [3.8, 4) is 5.75 Å². The van der Waals surface area contributed by atoms with Gasteiger partial charge in [-0.05, 0) is 56.0 Å². The number of carbonyl (C=O) groups excluding carboxylic acids is 2. The number of nitrogens with one attached hydrogen (secondary N) is 1. The number of unbranched alkanes of at least 4 members (excludes halogenated alkanes) is 1. The van der Waals surface area contributed by atoms with E-state index >= 15 is 0 Å². The molecule has 0 spiro atoms. The number of hydrogen-bond acceptors (Lipinski definition) is 6. The Balaban J connectivity index is 1.20. The van der Waals surface area contributed by atoms with Gasteiger partial charge in [0.15, 0.2) is 0 Å². The maximum absolute atomic E-state index is 12.3. The Kier molecular flexibility index (Phi) is 5.54. The van der Waals surface area contributed by atoms with E-state index < -0.39 is 11.6 Å². The highest BCUT2D eigenvalue weighted by atomic mass is 32.1. The van der Waals surface area contributed by atoms with Gasteiger partial charge in [-0.3, -0.25) is 18.3 Å². The van der Waals surface area contributed by atoms with Gasteiger partial charge in [0.1, 0.15) is 16.7 Å². The topological polar surface area (TPSA) is 77.4 Å². The highest BCUT2D eigenvalue weighted by Gasteiger charge is 2.26. The number of nitrogens with zero attached hydrogens (tertiary/aromatic N) is 1. The van der Waals surface area contributed by atoms with Gasteiger partial charge >= 0.3 is 0 Å². The highest BCUT2D eigenvalue weighted by Crippen LogP contribution is 2.26. The van der Waals surface area contributed by atoms with Gasteiger partial charge in [0.25, 0.3) is 5.56 Å². The average Bonchev–Trinajstić information content (AvgIpc) is 3.03. The summed E-state index contributed by atoms with van der Waals surface area (Å²) < 4.78 is 7.59. The van der Waals surface area contributed by atoms with Crippen molar-refractivity contribution in [3.05, 3.63) is 56.7 Å². The molecule has 1 aliphatic heterocycles. The summed E-state index contributed by atoms with van der Waals surface area (Å²) in [5, 5.41) is 3.43. The van der Waals surface area contributed by atoms with Crippen LogP contribution < -0.4 is 15.6 Å². The zero-order valence-corrected chi connectivity index (χ0v) is 16.3. The van der Waals surface area contributed by atoms with E-state index in [4.69, 9.17) is 4.74 Å². The summed E-state index contributed by atoms with van der Waals surface area (Å²) in [7, 11) is 0. The standard InChI is InChI=1S/C21H22N2O4S/c24-17-10-9-16-20(19(17)25)28-23(21(16)26)12-4-3-11-22-13-15-8-7-14-5-1-2-6-18(14)27-15/h1-2,5-6,9-10,15,22H,3-4,7-8,11-13H2/t15-/m1/s1. The molecule has 146 valence electrons. The van der Waals surface area contributed by atoms with E-state index in [1.54, 1.807) is 3.96 Å². The molecule has 1 atom stereocenters. The van der Waals surface area contributed by atoms with E-state index in [0.29, 0.717) is 12.1 Å². The highest BCUT2D eigenvalue weighted by molar-refractivity contribution is 7.10. The zero-order valence-electron chi connectivity index (χ0n) is 15.5. The molecule has 2 aromatic rings. The molecule has 0 radical (unpaired) electrons. The molecule has 28 heavy (non-hydrogen) atoms. The van der Waals surface area contributed by atoms with Gasteiger partial charge < -0.3 is 10.1 Å². The lowest BCUT2D eigenvalue weighted by Gasteiger charge is -2.26. The fourth-order valence-corrected chi connectivity index (χ4v) is 4.59. The summed E-state index contributed by atoms with van der Waals surface area (Å²) in [4.78, 5) is 35.9.